The minimum atomic E-state index is -0.217. The normalized spacial score (nSPS) is 16.7. The van der Waals surface area contributed by atoms with Crippen LogP contribution in [0.15, 0.2) is 0 Å². The molecule has 2 N–H and O–H groups in total. The molecule has 0 aliphatic carbocycles. The molecule has 2 atom stereocenters. The molecular weight excluding hydrogens is 178 g/mol. The van der Waals surface area contributed by atoms with Gasteiger partial charge in [-0.3, -0.25) is 0 Å². The summed E-state index contributed by atoms with van der Waals surface area (Å²) in [7, 11) is 1.74. The molecule has 86 valence electrons. The van der Waals surface area contributed by atoms with Crippen molar-refractivity contribution < 1.29 is 9.84 Å². The summed E-state index contributed by atoms with van der Waals surface area (Å²) in [6.45, 7) is 8.98. The van der Waals surface area contributed by atoms with Gasteiger partial charge in [0.2, 0.25) is 0 Å². The van der Waals surface area contributed by atoms with Gasteiger partial charge >= 0.3 is 0 Å². The lowest BCUT2D eigenvalue weighted by Crippen LogP contribution is -2.36. The van der Waals surface area contributed by atoms with Gasteiger partial charge in [-0.15, -0.1) is 0 Å². The molecule has 0 heterocycles. The van der Waals surface area contributed by atoms with Crippen LogP contribution >= 0.6 is 0 Å². The highest BCUT2D eigenvalue weighted by Gasteiger charge is 2.19. The van der Waals surface area contributed by atoms with Crippen LogP contribution in [0.1, 0.15) is 40.5 Å². The van der Waals surface area contributed by atoms with E-state index in [1.807, 2.05) is 6.92 Å². The third-order valence-electron chi connectivity index (χ3n) is 2.41. The monoisotopic (exact) mass is 203 g/mol. The molecule has 0 aromatic heterocycles. The molecule has 0 radical (unpaired) electrons. The summed E-state index contributed by atoms with van der Waals surface area (Å²) in [6.07, 6.45) is 1.56. The average molecular weight is 203 g/mol. The van der Waals surface area contributed by atoms with Crippen LogP contribution in [0.3, 0.4) is 0 Å². The Morgan fingerprint density at radius 1 is 1.36 bits per heavy atom. The molecule has 3 nitrogen and oxygen atoms in total. The van der Waals surface area contributed by atoms with Crippen molar-refractivity contribution in [2.45, 2.75) is 58.3 Å². The molecule has 0 aromatic rings. The molecule has 0 rings (SSSR count). The van der Waals surface area contributed by atoms with E-state index in [0.717, 1.165) is 19.4 Å². The van der Waals surface area contributed by atoms with Gasteiger partial charge in [0.05, 0.1) is 11.7 Å². The van der Waals surface area contributed by atoms with E-state index in [0.29, 0.717) is 6.04 Å². The fraction of sp³-hybridized carbons (Fsp3) is 1.00. The number of methoxy groups -OCH3 is 1. The molecule has 0 fully saturated rings. The van der Waals surface area contributed by atoms with E-state index < -0.39 is 0 Å². The van der Waals surface area contributed by atoms with Crippen molar-refractivity contribution >= 4 is 0 Å². The van der Waals surface area contributed by atoms with Crippen molar-refractivity contribution in [3.8, 4) is 0 Å². The topological polar surface area (TPSA) is 41.5 Å². The molecule has 0 amide bonds. The van der Waals surface area contributed by atoms with E-state index in [1.54, 1.807) is 7.11 Å². The number of nitrogens with one attached hydrogen (secondary N) is 1. The molecule has 0 spiro atoms. The van der Waals surface area contributed by atoms with E-state index in [1.165, 1.54) is 0 Å². The zero-order chi connectivity index (χ0) is 11.2. The van der Waals surface area contributed by atoms with E-state index in [9.17, 15) is 0 Å². The Labute approximate surface area is 87.8 Å². The SMILES string of the molecule is COC(C)(C)C[C@H](C)NCC[C@H](C)O. The summed E-state index contributed by atoms with van der Waals surface area (Å²) in [5.74, 6) is 0. The number of aliphatic hydroxyl groups excluding tert-OH is 1. The minimum Gasteiger partial charge on any atom is -0.393 e. The van der Waals surface area contributed by atoms with Crippen LogP contribution < -0.4 is 5.32 Å². The lowest BCUT2D eigenvalue weighted by molar-refractivity contribution is 0.00841. The van der Waals surface area contributed by atoms with Crippen LogP contribution in [-0.2, 0) is 4.74 Å². The number of rotatable bonds is 7. The average Bonchev–Trinajstić information content (AvgIpc) is 2.02. The lowest BCUT2D eigenvalue weighted by atomic mass is 10.00. The Bertz CT molecular complexity index is 146. The Morgan fingerprint density at radius 3 is 2.36 bits per heavy atom. The third-order valence-corrected chi connectivity index (χ3v) is 2.41. The van der Waals surface area contributed by atoms with Crippen molar-refractivity contribution in [2.75, 3.05) is 13.7 Å². The van der Waals surface area contributed by atoms with Crippen LogP contribution in [0.5, 0.6) is 0 Å². The van der Waals surface area contributed by atoms with Gasteiger partial charge in [0.25, 0.3) is 0 Å². The first kappa shape index (κ1) is 13.9. The third kappa shape index (κ3) is 7.30. The fourth-order valence-corrected chi connectivity index (χ4v) is 1.43. The van der Waals surface area contributed by atoms with Gasteiger partial charge in [0, 0.05) is 13.2 Å². The Kier molecular flexibility index (Phi) is 6.33. The number of ether oxygens (including phenoxy) is 1. The second-order valence-electron chi connectivity index (χ2n) is 4.66. The molecule has 0 saturated carbocycles. The van der Waals surface area contributed by atoms with Crippen molar-refractivity contribution in [1.82, 2.24) is 5.32 Å². The summed E-state index contributed by atoms with van der Waals surface area (Å²) >= 11 is 0. The zero-order valence-electron chi connectivity index (χ0n) is 10.1. The lowest BCUT2D eigenvalue weighted by Gasteiger charge is -2.27. The Morgan fingerprint density at radius 2 is 1.93 bits per heavy atom. The van der Waals surface area contributed by atoms with E-state index in [4.69, 9.17) is 9.84 Å². The second-order valence-corrected chi connectivity index (χ2v) is 4.66. The van der Waals surface area contributed by atoms with E-state index in [-0.39, 0.29) is 11.7 Å². The largest absolute Gasteiger partial charge is 0.393 e. The summed E-state index contributed by atoms with van der Waals surface area (Å²) < 4.78 is 5.35. The quantitative estimate of drug-likeness (QED) is 0.659. The van der Waals surface area contributed by atoms with Crippen molar-refractivity contribution in [3.63, 3.8) is 0 Å². The first-order valence-corrected chi connectivity index (χ1v) is 5.34. The highest BCUT2D eigenvalue weighted by Crippen LogP contribution is 2.15. The number of aliphatic hydroxyl groups is 1. The van der Waals surface area contributed by atoms with Gasteiger partial charge in [-0.2, -0.15) is 0 Å². The predicted molar refractivity (Wildman–Crippen MR) is 59.5 cm³/mol. The highest BCUT2D eigenvalue weighted by atomic mass is 16.5. The standard InChI is InChI=1S/C11H25NO2/c1-9(8-11(3,4)14-5)12-7-6-10(2)13/h9-10,12-13H,6-8H2,1-5H3/t9-,10-/m0/s1. The van der Waals surface area contributed by atoms with Crippen molar-refractivity contribution in [1.29, 1.82) is 0 Å². The number of hydrogen-bond acceptors (Lipinski definition) is 3. The van der Waals surface area contributed by atoms with Crippen LogP contribution in [0, 0.1) is 0 Å². The van der Waals surface area contributed by atoms with Crippen LogP contribution in [0.2, 0.25) is 0 Å². The highest BCUT2D eigenvalue weighted by molar-refractivity contribution is 4.75. The van der Waals surface area contributed by atoms with Gasteiger partial charge in [0.15, 0.2) is 0 Å². The molecule has 0 bridgehead atoms. The second kappa shape index (κ2) is 6.38. The van der Waals surface area contributed by atoms with Crippen LogP contribution in [0.25, 0.3) is 0 Å². The smallest absolute Gasteiger partial charge is 0.0637 e. The molecule has 0 unspecified atom stereocenters. The Hall–Kier alpha value is -0.120. The number of hydrogen-bond donors (Lipinski definition) is 2. The van der Waals surface area contributed by atoms with Gasteiger partial charge < -0.3 is 15.2 Å². The fourth-order valence-electron chi connectivity index (χ4n) is 1.43. The molecule has 0 aromatic carbocycles. The summed E-state index contributed by atoms with van der Waals surface area (Å²) in [4.78, 5) is 0. The molecule has 0 saturated heterocycles. The van der Waals surface area contributed by atoms with Crippen molar-refractivity contribution in [3.05, 3.63) is 0 Å². The zero-order valence-corrected chi connectivity index (χ0v) is 10.1. The summed E-state index contributed by atoms with van der Waals surface area (Å²) in [6, 6.07) is 0.420. The van der Waals surface area contributed by atoms with Crippen LogP contribution in [-0.4, -0.2) is 36.5 Å². The van der Waals surface area contributed by atoms with Gasteiger partial charge in [-0.25, -0.2) is 0 Å². The van der Waals surface area contributed by atoms with E-state index in [2.05, 4.69) is 26.1 Å². The maximum Gasteiger partial charge on any atom is 0.0637 e. The summed E-state index contributed by atoms with van der Waals surface area (Å²) in [5.41, 5.74) is -0.0722. The maximum absolute atomic E-state index is 9.08. The van der Waals surface area contributed by atoms with Crippen LogP contribution in [0.4, 0.5) is 0 Å². The summed E-state index contributed by atoms with van der Waals surface area (Å²) in [5, 5.41) is 12.4. The van der Waals surface area contributed by atoms with E-state index >= 15 is 0 Å². The maximum atomic E-state index is 9.08. The first-order valence-electron chi connectivity index (χ1n) is 5.34. The first-order chi connectivity index (χ1) is 6.37. The predicted octanol–water partition coefficient (Wildman–Crippen LogP) is 1.55. The molecule has 0 aliphatic rings. The van der Waals surface area contributed by atoms with Gasteiger partial charge in [0.1, 0.15) is 0 Å². The molecule has 0 aliphatic heterocycles. The Balaban J connectivity index is 3.60. The molecule has 14 heavy (non-hydrogen) atoms. The molecule has 3 heteroatoms. The van der Waals surface area contributed by atoms with Crippen molar-refractivity contribution in [2.24, 2.45) is 0 Å². The van der Waals surface area contributed by atoms with Gasteiger partial charge in [-0.1, -0.05) is 0 Å². The van der Waals surface area contributed by atoms with Gasteiger partial charge in [-0.05, 0) is 47.1 Å². The molecular formula is C11H25NO2. The minimum absolute atomic E-state index is 0.0722.